The molecule has 9 heteroatoms. The zero-order valence-corrected chi connectivity index (χ0v) is 15.7. The summed E-state index contributed by atoms with van der Waals surface area (Å²) in [5, 5.41) is 8.16. The molecule has 154 valence electrons. The number of halogens is 3. The second-order valence-electron chi connectivity index (χ2n) is 6.24. The van der Waals surface area contributed by atoms with Crippen molar-refractivity contribution in [2.24, 2.45) is 0 Å². The van der Waals surface area contributed by atoms with Crippen LogP contribution in [0.1, 0.15) is 26.4 Å². The maximum Gasteiger partial charge on any atom is 0.416 e. The molecule has 0 aliphatic heterocycles. The molecule has 0 bridgehead atoms. The number of anilines is 3. The lowest BCUT2D eigenvalue weighted by atomic mass is 10.1. The summed E-state index contributed by atoms with van der Waals surface area (Å²) in [5.41, 5.74) is 1.02. The Kier molecular flexibility index (Phi) is 6.01. The highest BCUT2D eigenvalue weighted by molar-refractivity contribution is 6.04. The van der Waals surface area contributed by atoms with Crippen molar-refractivity contribution in [2.75, 3.05) is 17.7 Å². The zero-order valence-electron chi connectivity index (χ0n) is 15.7. The number of hydrogen-bond donors (Lipinski definition) is 3. The fourth-order valence-corrected chi connectivity index (χ4v) is 2.60. The predicted octanol–water partition coefficient (Wildman–Crippen LogP) is 4.46. The summed E-state index contributed by atoms with van der Waals surface area (Å²) in [6, 6.07) is 14.1. The second kappa shape index (κ2) is 8.64. The molecule has 3 rings (SSSR count). The van der Waals surface area contributed by atoms with E-state index in [0.717, 1.165) is 12.1 Å². The third-order valence-electron chi connectivity index (χ3n) is 4.10. The van der Waals surface area contributed by atoms with E-state index in [1.54, 1.807) is 36.4 Å². The zero-order chi connectivity index (χ0) is 21.7. The molecule has 3 N–H and O–H groups in total. The summed E-state index contributed by atoms with van der Waals surface area (Å²) in [6.07, 6.45) is -3.02. The number of hydrogen-bond acceptors (Lipinski definition) is 4. The molecule has 6 nitrogen and oxygen atoms in total. The molecule has 0 aliphatic rings. The largest absolute Gasteiger partial charge is 0.416 e. The summed E-state index contributed by atoms with van der Waals surface area (Å²) >= 11 is 0. The van der Waals surface area contributed by atoms with Gasteiger partial charge in [-0.25, -0.2) is 0 Å². The van der Waals surface area contributed by atoms with E-state index in [9.17, 15) is 22.8 Å². The van der Waals surface area contributed by atoms with Crippen LogP contribution in [0.3, 0.4) is 0 Å². The van der Waals surface area contributed by atoms with Crippen LogP contribution in [0.4, 0.5) is 30.2 Å². The normalized spacial score (nSPS) is 10.9. The molecule has 0 saturated heterocycles. The van der Waals surface area contributed by atoms with Crippen LogP contribution in [0, 0.1) is 0 Å². The number of carbonyl (C=O) groups excluding carboxylic acids is 2. The van der Waals surface area contributed by atoms with Gasteiger partial charge in [-0.2, -0.15) is 13.2 Å². The third kappa shape index (κ3) is 5.13. The quantitative estimate of drug-likeness (QED) is 0.576. The third-order valence-corrected chi connectivity index (χ3v) is 4.10. The first-order chi connectivity index (χ1) is 14.3. The average Bonchev–Trinajstić information content (AvgIpc) is 2.74. The van der Waals surface area contributed by atoms with Crippen molar-refractivity contribution in [3.63, 3.8) is 0 Å². The Morgan fingerprint density at radius 2 is 1.57 bits per heavy atom. The maximum atomic E-state index is 12.8. The molecule has 1 aromatic heterocycles. The number of amides is 2. The Balaban J connectivity index is 1.68. The second-order valence-corrected chi connectivity index (χ2v) is 6.24. The monoisotopic (exact) mass is 414 g/mol. The first kappa shape index (κ1) is 20.8. The van der Waals surface area contributed by atoms with Gasteiger partial charge >= 0.3 is 6.18 Å². The van der Waals surface area contributed by atoms with Crippen molar-refractivity contribution in [3.05, 3.63) is 83.7 Å². The molecule has 0 radical (unpaired) electrons. The van der Waals surface area contributed by atoms with Crippen LogP contribution in [0.15, 0.2) is 66.9 Å². The van der Waals surface area contributed by atoms with Gasteiger partial charge in [-0.15, -0.1) is 0 Å². The van der Waals surface area contributed by atoms with Gasteiger partial charge in [-0.1, -0.05) is 6.07 Å². The fraction of sp³-hybridized carbons (Fsp3) is 0.0952. The highest BCUT2D eigenvalue weighted by atomic mass is 19.4. The van der Waals surface area contributed by atoms with Crippen LogP contribution in [0.25, 0.3) is 0 Å². The van der Waals surface area contributed by atoms with Crippen LogP contribution in [0.2, 0.25) is 0 Å². The number of nitrogens with one attached hydrogen (secondary N) is 3. The van der Waals surface area contributed by atoms with Crippen LogP contribution in [-0.2, 0) is 6.18 Å². The summed E-state index contributed by atoms with van der Waals surface area (Å²) in [6.45, 7) is 0. The summed E-state index contributed by atoms with van der Waals surface area (Å²) in [4.78, 5) is 27.9. The number of carbonyl (C=O) groups is 2. The van der Waals surface area contributed by atoms with Gasteiger partial charge in [0.05, 0.1) is 5.56 Å². The van der Waals surface area contributed by atoms with Crippen molar-refractivity contribution in [1.82, 2.24) is 10.3 Å². The molecule has 0 fully saturated rings. The first-order valence-electron chi connectivity index (χ1n) is 8.80. The van der Waals surface area contributed by atoms with Crippen molar-refractivity contribution < 1.29 is 22.8 Å². The van der Waals surface area contributed by atoms with Gasteiger partial charge in [0.15, 0.2) is 0 Å². The van der Waals surface area contributed by atoms with Crippen LogP contribution in [-0.4, -0.2) is 23.8 Å². The summed E-state index contributed by atoms with van der Waals surface area (Å²) in [7, 11) is 1.51. The maximum absolute atomic E-state index is 12.8. The van der Waals surface area contributed by atoms with Gasteiger partial charge in [0.2, 0.25) is 0 Å². The van der Waals surface area contributed by atoms with Crippen molar-refractivity contribution >= 4 is 28.9 Å². The van der Waals surface area contributed by atoms with E-state index >= 15 is 0 Å². The molecular formula is C21H17F3N4O2. The van der Waals surface area contributed by atoms with Gasteiger partial charge in [-0.05, 0) is 54.6 Å². The van der Waals surface area contributed by atoms with Crippen LogP contribution >= 0.6 is 0 Å². The predicted molar refractivity (Wildman–Crippen MR) is 107 cm³/mol. The van der Waals surface area contributed by atoms with E-state index in [0.29, 0.717) is 17.1 Å². The van der Waals surface area contributed by atoms with Gasteiger partial charge in [0.1, 0.15) is 5.69 Å². The Labute approximate surface area is 170 Å². The molecule has 2 amide bonds. The minimum absolute atomic E-state index is 0.0921. The highest BCUT2D eigenvalue weighted by Gasteiger charge is 2.30. The molecule has 2 aromatic carbocycles. The first-order valence-corrected chi connectivity index (χ1v) is 8.80. The Hall–Kier alpha value is -3.88. The molecule has 3 aromatic rings. The number of pyridine rings is 1. The molecule has 0 saturated carbocycles. The van der Waals surface area contributed by atoms with E-state index in [4.69, 9.17) is 0 Å². The number of rotatable bonds is 5. The van der Waals surface area contributed by atoms with Gasteiger partial charge in [0.25, 0.3) is 11.8 Å². The minimum atomic E-state index is -4.52. The Morgan fingerprint density at radius 1 is 0.867 bits per heavy atom. The standard InChI is InChI=1S/C21H17F3N4O2/c1-25-20(30)18-12-17(9-10-26-18)27-15-5-7-16(8-6-15)28-19(29)13-3-2-4-14(11-13)21(22,23)24/h2-12H,1H3,(H,25,30)(H,26,27)(H,28,29). The van der Waals surface area contributed by atoms with E-state index in [1.165, 1.54) is 25.4 Å². The van der Waals surface area contributed by atoms with E-state index < -0.39 is 17.6 Å². The lowest BCUT2D eigenvalue weighted by molar-refractivity contribution is -0.137. The Bertz CT molecular complexity index is 1070. The SMILES string of the molecule is CNC(=O)c1cc(Nc2ccc(NC(=O)c3cccc(C(F)(F)F)c3)cc2)ccn1. The molecule has 0 aliphatic carbocycles. The molecule has 30 heavy (non-hydrogen) atoms. The smallest absolute Gasteiger partial charge is 0.355 e. The van der Waals surface area contributed by atoms with E-state index in [2.05, 4.69) is 20.9 Å². The Morgan fingerprint density at radius 3 is 2.23 bits per heavy atom. The van der Waals surface area contributed by atoms with E-state index in [1.807, 2.05) is 0 Å². The van der Waals surface area contributed by atoms with Gasteiger partial charge in [-0.3, -0.25) is 14.6 Å². The summed E-state index contributed by atoms with van der Waals surface area (Å²) in [5.74, 6) is -0.961. The number of benzene rings is 2. The molecule has 1 heterocycles. The van der Waals surface area contributed by atoms with Crippen LogP contribution < -0.4 is 16.0 Å². The minimum Gasteiger partial charge on any atom is -0.355 e. The average molecular weight is 414 g/mol. The molecule has 0 spiro atoms. The molecule has 0 atom stereocenters. The fourth-order valence-electron chi connectivity index (χ4n) is 2.60. The van der Waals surface area contributed by atoms with Gasteiger partial charge < -0.3 is 16.0 Å². The highest BCUT2D eigenvalue weighted by Crippen LogP contribution is 2.29. The van der Waals surface area contributed by atoms with E-state index in [-0.39, 0.29) is 17.2 Å². The molecular weight excluding hydrogens is 397 g/mol. The summed E-state index contributed by atoms with van der Waals surface area (Å²) < 4.78 is 38.4. The van der Waals surface area contributed by atoms with Crippen LogP contribution in [0.5, 0.6) is 0 Å². The lowest BCUT2D eigenvalue weighted by Gasteiger charge is -2.11. The van der Waals surface area contributed by atoms with Gasteiger partial charge in [0, 0.05) is 35.9 Å². The van der Waals surface area contributed by atoms with Crippen molar-refractivity contribution in [1.29, 1.82) is 0 Å². The number of alkyl halides is 3. The number of aromatic nitrogens is 1. The van der Waals surface area contributed by atoms with Crippen molar-refractivity contribution in [2.45, 2.75) is 6.18 Å². The van der Waals surface area contributed by atoms with Crippen molar-refractivity contribution in [3.8, 4) is 0 Å². The lowest BCUT2D eigenvalue weighted by Crippen LogP contribution is -2.19. The topological polar surface area (TPSA) is 83.1 Å². The number of nitrogens with zero attached hydrogens (tertiary/aromatic N) is 1. The molecule has 0 unspecified atom stereocenters.